The number of carboxylic acid groups (broad SMARTS) is 4. The van der Waals surface area contributed by atoms with Gasteiger partial charge in [-0.2, -0.15) is 0 Å². The summed E-state index contributed by atoms with van der Waals surface area (Å²) >= 11 is 4.56. The highest BCUT2D eigenvalue weighted by molar-refractivity contribution is 7.16. The lowest BCUT2D eigenvalue weighted by atomic mass is 9.76. The summed E-state index contributed by atoms with van der Waals surface area (Å²) in [6.45, 7) is 29.8. The van der Waals surface area contributed by atoms with Crippen molar-refractivity contribution in [3.8, 4) is 47.4 Å². The van der Waals surface area contributed by atoms with E-state index in [2.05, 4.69) is 80.0 Å². The molecule has 130 heavy (non-hydrogen) atoms. The van der Waals surface area contributed by atoms with Crippen LogP contribution >= 0.6 is 45.3 Å². The fourth-order valence-electron chi connectivity index (χ4n) is 18.1. The number of hydrogen-bond donors (Lipinski definition) is 6. The highest BCUT2D eigenvalue weighted by atomic mass is 32.1. The van der Waals surface area contributed by atoms with E-state index in [-0.39, 0.29) is 151 Å². The van der Waals surface area contributed by atoms with Crippen molar-refractivity contribution in [1.29, 1.82) is 0 Å². The number of thiophene rings is 4. The summed E-state index contributed by atoms with van der Waals surface area (Å²) in [5, 5.41) is 57.8. The Labute approximate surface area is 786 Å². The molecule has 0 spiro atoms. The minimum Gasteiger partial charge on any atom is -0.477 e. The van der Waals surface area contributed by atoms with Crippen LogP contribution in [0.3, 0.4) is 0 Å². The number of hydrogen-bond acceptors (Lipinski definition) is 18. The van der Waals surface area contributed by atoms with Gasteiger partial charge in [-0.1, -0.05) is 103 Å². The van der Waals surface area contributed by atoms with Crippen molar-refractivity contribution in [2.24, 2.45) is 83.0 Å². The maximum absolute atomic E-state index is 13.8. The first-order valence-corrected chi connectivity index (χ1v) is 50.3. The maximum Gasteiger partial charge on any atom is 0.348 e. The molecule has 28 heteroatoms. The predicted molar refractivity (Wildman–Crippen MR) is 516 cm³/mol. The number of aliphatic hydroxyl groups is 2. The third-order valence-electron chi connectivity index (χ3n) is 25.6. The van der Waals surface area contributed by atoms with Crippen molar-refractivity contribution >= 4 is 122 Å². The zero-order valence-corrected chi connectivity index (χ0v) is 82.8. The predicted octanol–water partition coefficient (Wildman–Crippen LogP) is 19.7. The van der Waals surface area contributed by atoms with E-state index < -0.39 is 23.9 Å². The van der Waals surface area contributed by atoms with E-state index in [4.69, 9.17) is 19.7 Å². The zero-order chi connectivity index (χ0) is 95.2. The second-order valence-electron chi connectivity index (χ2n) is 39.8. The number of aryl methyl sites for hydroxylation is 1. The number of nitrogens with zero attached hydrogens (tertiary/aromatic N) is 7. The summed E-state index contributed by atoms with van der Waals surface area (Å²) in [6.07, 6.45) is 25.9. The first-order chi connectivity index (χ1) is 61.5. The van der Waals surface area contributed by atoms with Crippen LogP contribution in [0.25, 0.3) is 0 Å². The molecule has 0 saturated heterocycles. The molecule has 5 aromatic heterocycles. The van der Waals surface area contributed by atoms with Gasteiger partial charge in [-0.3, -0.25) is 24.0 Å². The maximum atomic E-state index is 13.8. The highest BCUT2D eigenvalue weighted by Gasteiger charge is 2.46. The number of aromatic carboxylic acids is 4. The molecular weight excluding hydrogens is 1720 g/mol. The van der Waals surface area contributed by atoms with Crippen LogP contribution in [0, 0.1) is 123 Å². The molecule has 710 valence electrons. The first-order valence-electron chi connectivity index (χ1n) is 47.0. The monoisotopic (exact) mass is 1860 g/mol. The number of ether oxygens (including phenoxy) is 2. The van der Waals surface area contributed by atoms with Gasteiger partial charge in [0.15, 0.2) is 0 Å². The number of imidazole rings is 1. The van der Waals surface area contributed by atoms with E-state index >= 15 is 0 Å². The van der Waals surface area contributed by atoms with Crippen molar-refractivity contribution in [3.05, 3.63) is 81.5 Å². The third-order valence-corrected chi connectivity index (χ3v) is 29.7. The van der Waals surface area contributed by atoms with Gasteiger partial charge in [0.25, 0.3) is 0 Å². The van der Waals surface area contributed by atoms with Gasteiger partial charge in [-0.15, -0.1) is 45.3 Å². The molecule has 5 aromatic rings. The van der Waals surface area contributed by atoms with Crippen molar-refractivity contribution in [2.75, 3.05) is 60.1 Å². The van der Waals surface area contributed by atoms with E-state index in [1.165, 1.54) is 0 Å². The fraction of sp³-hybridized carbons (Fsp3) is 0.647. The summed E-state index contributed by atoms with van der Waals surface area (Å²) in [6, 6.07) is 6.86. The summed E-state index contributed by atoms with van der Waals surface area (Å²) in [5.74, 6) is 24.1. The quantitative estimate of drug-likeness (QED) is 0.0313. The molecule has 0 radical (unpaired) electrons. The molecule has 0 atom stereocenters. The highest BCUT2D eigenvalue weighted by Crippen LogP contribution is 2.46. The van der Waals surface area contributed by atoms with Crippen molar-refractivity contribution < 1.29 is 83.3 Å². The lowest BCUT2D eigenvalue weighted by molar-refractivity contribution is -0.137. The molecule has 5 amide bonds. The molecule has 5 heterocycles. The summed E-state index contributed by atoms with van der Waals surface area (Å²) in [7, 11) is 5.35. The molecular formula is C102H141N7O17S4. The number of rotatable bonds is 24. The molecule has 7 fully saturated rings. The summed E-state index contributed by atoms with van der Waals surface area (Å²) in [5.41, 5.74) is 1.45. The molecule has 0 aromatic carbocycles. The van der Waals surface area contributed by atoms with Gasteiger partial charge in [0.1, 0.15) is 25.3 Å². The Bertz CT molecular complexity index is 4790. The lowest BCUT2D eigenvalue weighted by Crippen LogP contribution is -2.53. The van der Waals surface area contributed by atoms with Crippen LogP contribution in [-0.2, 0) is 47.0 Å². The van der Waals surface area contributed by atoms with Crippen LogP contribution in [-0.4, -0.2) is 169 Å². The molecule has 0 bridgehead atoms. The number of carboxylic acids is 4. The molecule has 0 unspecified atom stereocenters. The average molecular weight is 1870 g/mol. The van der Waals surface area contributed by atoms with Gasteiger partial charge in [0, 0.05) is 104 Å². The number of aromatic nitrogens is 2. The minimum atomic E-state index is -1.05. The van der Waals surface area contributed by atoms with Crippen molar-refractivity contribution in [2.45, 2.75) is 301 Å². The molecule has 7 aliphatic rings. The summed E-state index contributed by atoms with van der Waals surface area (Å²) < 4.78 is 13.3. The normalized spacial score (nSPS) is 23.7. The first kappa shape index (κ1) is 105. The third kappa shape index (κ3) is 30.2. The molecule has 6 N–H and O–H groups in total. The van der Waals surface area contributed by atoms with Gasteiger partial charge < -0.3 is 69.2 Å². The van der Waals surface area contributed by atoms with Gasteiger partial charge in [0.2, 0.25) is 29.5 Å². The van der Waals surface area contributed by atoms with E-state index in [1.807, 2.05) is 96.8 Å². The molecule has 24 nitrogen and oxygen atoms in total. The molecule has 7 saturated carbocycles. The molecule has 12 rings (SSSR count). The molecule has 0 aliphatic heterocycles. The Morgan fingerprint density at radius 2 is 0.723 bits per heavy atom. The van der Waals surface area contributed by atoms with Crippen LogP contribution in [0.5, 0.6) is 0 Å². The number of aliphatic hydroxyl groups excluding tert-OH is 2. The van der Waals surface area contributed by atoms with Crippen LogP contribution in [0.2, 0.25) is 0 Å². The number of amides is 5. The van der Waals surface area contributed by atoms with Crippen LogP contribution in [0.15, 0.2) is 36.7 Å². The van der Waals surface area contributed by atoms with Gasteiger partial charge in [-0.25, -0.2) is 24.2 Å². The van der Waals surface area contributed by atoms with Gasteiger partial charge in [0.05, 0.1) is 87.4 Å². The minimum absolute atomic E-state index is 0.00159. The summed E-state index contributed by atoms with van der Waals surface area (Å²) in [4.78, 5) is 132. The van der Waals surface area contributed by atoms with E-state index in [9.17, 15) is 63.6 Å². The van der Waals surface area contributed by atoms with Gasteiger partial charge in [-0.05, 0) is 256 Å². The Hall–Kier alpha value is -8.68. The van der Waals surface area contributed by atoms with Gasteiger partial charge >= 0.3 is 23.9 Å². The Kier molecular flexibility index (Phi) is 39.4. The second-order valence-corrected chi connectivity index (χ2v) is 44.0. The topological polar surface area (TPSA) is 327 Å². The standard InChI is InChI=1S/C26H36N2O4S.2C26H37NO5S.C24H31N3O3S/c1-16-7-9-17(10-8-16)24(30)28(19-13-18(14-19)23(29)27(5)6)21-15-20(11-12-26(2,3)4)33-22(21)25(31)32;2*1-17(2)4-13-22-16-23(24(33-22)26(30)31)27(25(29)19-7-5-18(3)6-8-19)20-9-11-21(12-10-20)32-15-14-28;1-16-6-8-17(9-7-16)22(28)27(15-20-25-12-13-26(20)5)19-14-18(10-11-24(2,3)4)31-21(19)23(29)30/h15-19H,7-10,13-14H2,1-6H3,(H,31,32);2*16-21,28H,5-12,14-15H2,1-3H3,(H,30,31);12-14,16-17H,6-9,15H2,1-5H3,(H,29,30). The van der Waals surface area contributed by atoms with E-state index in [0.29, 0.717) is 97.8 Å². The average Bonchev–Trinajstić information content (AvgIpc) is 1.22. The largest absolute Gasteiger partial charge is 0.477 e. The van der Waals surface area contributed by atoms with E-state index in [1.54, 1.807) is 59.3 Å². The Morgan fingerprint density at radius 3 is 1.01 bits per heavy atom. The fourth-order valence-corrected chi connectivity index (χ4v) is 21.5. The lowest BCUT2D eigenvalue weighted by Gasteiger charge is -2.44. The van der Waals surface area contributed by atoms with E-state index in [0.717, 1.165) is 199 Å². The SMILES string of the molecule is CC(C)C#Cc1cc(N(C(=O)C2CCC(C)CC2)C2CCC(OCCO)CC2)c(C(=O)O)s1.CC(C)C#Cc1cc(N(C(=O)C2CCC(C)CC2)C2CCC(OCCO)CC2)c(C(=O)O)s1.CC1CCC(C(=O)N(Cc2nccn2C)c2cc(C#CC(C)(C)C)sc2C(=O)O)CC1.CC1CCC(C(=O)N(c2cc(C#CC(C)(C)C)sc2C(=O)O)C2CC(C(=O)N(C)C)C2)CC1. The van der Waals surface area contributed by atoms with Crippen LogP contribution in [0.4, 0.5) is 22.7 Å². The number of carbonyl (C=O) groups is 9. The Morgan fingerprint density at radius 1 is 0.423 bits per heavy atom. The van der Waals surface area contributed by atoms with Crippen molar-refractivity contribution in [3.63, 3.8) is 0 Å². The van der Waals surface area contributed by atoms with Crippen LogP contribution in [0.1, 0.15) is 328 Å². The second kappa shape index (κ2) is 48.8. The van der Waals surface area contributed by atoms with Crippen molar-refractivity contribution in [1.82, 2.24) is 14.5 Å². The Balaban J connectivity index is 0.000000195. The smallest absolute Gasteiger partial charge is 0.348 e. The van der Waals surface area contributed by atoms with Crippen LogP contribution < -0.4 is 19.6 Å². The molecule has 7 aliphatic carbocycles. The number of anilines is 4. The zero-order valence-electron chi connectivity index (χ0n) is 79.6. The number of carbonyl (C=O) groups excluding carboxylic acids is 5.